The van der Waals surface area contributed by atoms with E-state index in [1.165, 1.54) is 6.26 Å². The highest BCUT2D eigenvalue weighted by Crippen LogP contribution is 2.28. The third kappa shape index (κ3) is 7.86. The van der Waals surface area contributed by atoms with E-state index in [1.807, 2.05) is 31.2 Å². The Bertz CT molecular complexity index is 725. The van der Waals surface area contributed by atoms with E-state index >= 15 is 0 Å². The number of benzene rings is 1. The van der Waals surface area contributed by atoms with Crippen LogP contribution in [-0.2, 0) is 26.9 Å². The van der Waals surface area contributed by atoms with E-state index in [2.05, 4.69) is 20.9 Å². The van der Waals surface area contributed by atoms with Gasteiger partial charge in [0, 0.05) is 31.8 Å². The zero-order valence-electron chi connectivity index (χ0n) is 15.4. The highest BCUT2D eigenvalue weighted by Gasteiger charge is 2.28. The molecule has 8 heteroatoms. The molecule has 1 aliphatic rings. The van der Waals surface area contributed by atoms with Crippen LogP contribution >= 0.6 is 0 Å². The minimum atomic E-state index is -3.02. The van der Waals surface area contributed by atoms with Crippen molar-refractivity contribution in [2.24, 2.45) is 10.9 Å². The molecule has 1 saturated carbocycles. The highest BCUT2D eigenvalue weighted by atomic mass is 32.2. The molecule has 7 nitrogen and oxygen atoms in total. The molecule has 1 aliphatic carbocycles. The lowest BCUT2D eigenvalue weighted by Gasteiger charge is -2.12. The van der Waals surface area contributed by atoms with Gasteiger partial charge in [-0.3, -0.25) is 4.79 Å². The second-order valence-electron chi connectivity index (χ2n) is 6.57. The Kier molecular flexibility index (Phi) is 7.44. The normalized spacial score (nSPS) is 14.8. The first kappa shape index (κ1) is 20.2. The molecule has 0 spiro atoms. The maximum Gasteiger partial charge on any atom is 0.223 e. The third-order valence-electron chi connectivity index (χ3n) is 3.88. The zero-order valence-corrected chi connectivity index (χ0v) is 16.2. The van der Waals surface area contributed by atoms with Crippen LogP contribution in [0, 0.1) is 5.92 Å². The number of nitrogens with one attached hydrogen (secondary N) is 3. The van der Waals surface area contributed by atoms with E-state index in [4.69, 9.17) is 0 Å². The number of rotatable bonds is 9. The summed E-state index contributed by atoms with van der Waals surface area (Å²) in [5, 5.41) is 9.27. The lowest BCUT2D eigenvalue weighted by Crippen LogP contribution is -2.41. The first-order valence-electron chi connectivity index (χ1n) is 8.93. The number of amides is 1. The molecule has 1 amide bonds. The molecule has 0 atom stereocenters. The summed E-state index contributed by atoms with van der Waals surface area (Å²) in [5.41, 5.74) is 1.78. The zero-order chi connectivity index (χ0) is 19.0. The third-order valence-corrected chi connectivity index (χ3v) is 4.74. The summed E-state index contributed by atoms with van der Waals surface area (Å²) in [6, 6.07) is 7.42. The van der Waals surface area contributed by atoms with Crippen LogP contribution in [-0.4, -0.2) is 46.2 Å². The number of nitrogens with zero attached hydrogens (tertiary/aromatic N) is 1. The maximum absolute atomic E-state index is 11.6. The molecule has 3 N–H and O–H groups in total. The van der Waals surface area contributed by atoms with Gasteiger partial charge in [0.1, 0.15) is 0 Å². The van der Waals surface area contributed by atoms with Crippen molar-refractivity contribution in [2.45, 2.75) is 32.1 Å². The molecule has 0 aliphatic heterocycles. The largest absolute Gasteiger partial charge is 0.357 e. The molecule has 2 rings (SSSR count). The van der Waals surface area contributed by atoms with Crippen molar-refractivity contribution < 1.29 is 13.2 Å². The van der Waals surface area contributed by atoms with Gasteiger partial charge in [-0.25, -0.2) is 13.4 Å². The lowest BCUT2D eigenvalue weighted by molar-refractivity contribution is -0.122. The molecule has 1 aromatic carbocycles. The highest BCUT2D eigenvalue weighted by molar-refractivity contribution is 7.89. The summed E-state index contributed by atoms with van der Waals surface area (Å²) < 4.78 is 22.6. The Balaban J connectivity index is 1.80. The minimum absolute atomic E-state index is 0.0489. The minimum Gasteiger partial charge on any atom is -0.357 e. The molecular weight excluding hydrogens is 352 g/mol. The molecule has 0 heterocycles. The predicted molar refractivity (Wildman–Crippen MR) is 104 cm³/mol. The number of guanidine groups is 1. The number of hydrogen-bond donors (Lipinski definition) is 3. The average molecular weight is 381 g/mol. The maximum atomic E-state index is 11.6. The Labute approximate surface area is 155 Å². The van der Waals surface area contributed by atoms with Gasteiger partial charge in [-0.05, 0) is 30.9 Å². The molecule has 26 heavy (non-hydrogen) atoms. The fourth-order valence-electron chi connectivity index (χ4n) is 2.41. The van der Waals surface area contributed by atoms with Crippen molar-refractivity contribution in [2.75, 3.05) is 25.9 Å². The van der Waals surface area contributed by atoms with Gasteiger partial charge in [0.2, 0.25) is 5.91 Å². The van der Waals surface area contributed by atoms with E-state index in [0.29, 0.717) is 25.6 Å². The van der Waals surface area contributed by atoms with Crippen molar-refractivity contribution in [3.63, 3.8) is 0 Å². The van der Waals surface area contributed by atoms with Crippen molar-refractivity contribution in [3.8, 4) is 0 Å². The van der Waals surface area contributed by atoms with Crippen molar-refractivity contribution in [3.05, 3.63) is 35.4 Å². The summed E-state index contributed by atoms with van der Waals surface area (Å²) in [7, 11) is -3.02. The van der Waals surface area contributed by atoms with Gasteiger partial charge < -0.3 is 16.0 Å². The Hall–Kier alpha value is -2.09. The summed E-state index contributed by atoms with van der Waals surface area (Å²) in [6.07, 6.45) is 3.24. The van der Waals surface area contributed by atoms with Gasteiger partial charge in [-0.2, -0.15) is 0 Å². The van der Waals surface area contributed by atoms with Gasteiger partial charge >= 0.3 is 0 Å². The van der Waals surface area contributed by atoms with E-state index in [9.17, 15) is 13.2 Å². The molecular formula is C18H28N4O3S. The fourth-order valence-corrected chi connectivity index (χ4v) is 3.21. The second kappa shape index (κ2) is 9.56. The topological polar surface area (TPSA) is 99.7 Å². The first-order chi connectivity index (χ1) is 12.4. The fraction of sp³-hybridized carbons (Fsp3) is 0.556. The van der Waals surface area contributed by atoms with Gasteiger partial charge in [-0.1, -0.05) is 24.3 Å². The van der Waals surface area contributed by atoms with Gasteiger partial charge in [-0.15, -0.1) is 0 Å². The SMILES string of the molecule is CCNC(=NCc1ccc(CS(C)(=O)=O)cc1)NCCNC(=O)C1CC1. The monoisotopic (exact) mass is 380 g/mol. The standard InChI is InChI=1S/C18H28N4O3S/c1-3-19-18(21-11-10-20-17(23)16-8-9-16)22-12-14-4-6-15(7-5-14)13-26(2,24)25/h4-7,16H,3,8-13H2,1-2H3,(H,20,23)(H2,19,21,22). The smallest absolute Gasteiger partial charge is 0.223 e. The van der Waals surface area contributed by atoms with Crippen LogP contribution in [0.4, 0.5) is 0 Å². The van der Waals surface area contributed by atoms with Crippen LogP contribution in [0.15, 0.2) is 29.3 Å². The van der Waals surface area contributed by atoms with Gasteiger partial charge in [0.25, 0.3) is 0 Å². The van der Waals surface area contributed by atoms with Gasteiger partial charge in [0.15, 0.2) is 15.8 Å². The molecule has 1 fully saturated rings. The summed E-state index contributed by atoms with van der Waals surface area (Å²) in [5.74, 6) is 1.10. The van der Waals surface area contributed by atoms with E-state index < -0.39 is 9.84 Å². The Morgan fingerprint density at radius 2 is 1.69 bits per heavy atom. The molecule has 0 radical (unpaired) electrons. The average Bonchev–Trinajstić information content (AvgIpc) is 3.41. The van der Waals surface area contributed by atoms with Gasteiger partial charge in [0.05, 0.1) is 12.3 Å². The van der Waals surface area contributed by atoms with Crippen molar-refractivity contribution in [1.29, 1.82) is 0 Å². The molecule has 0 bridgehead atoms. The lowest BCUT2D eigenvalue weighted by atomic mass is 10.1. The van der Waals surface area contributed by atoms with Crippen LogP contribution in [0.3, 0.4) is 0 Å². The van der Waals surface area contributed by atoms with Crippen molar-refractivity contribution >= 4 is 21.7 Å². The molecule has 0 aromatic heterocycles. The number of carbonyl (C=O) groups excluding carboxylic acids is 1. The Morgan fingerprint density at radius 3 is 2.27 bits per heavy atom. The molecule has 1 aromatic rings. The van der Waals surface area contributed by atoms with E-state index in [-0.39, 0.29) is 17.6 Å². The van der Waals surface area contributed by atoms with E-state index in [1.54, 1.807) is 0 Å². The molecule has 0 unspecified atom stereocenters. The summed E-state index contributed by atoms with van der Waals surface area (Å²) in [6.45, 7) is 4.40. The predicted octanol–water partition coefficient (Wildman–Crippen LogP) is 0.812. The molecule has 0 saturated heterocycles. The first-order valence-corrected chi connectivity index (χ1v) is 11.0. The van der Waals surface area contributed by atoms with Crippen LogP contribution in [0.1, 0.15) is 30.9 Å². The summed E-state index contributed by atoms with van der Waals surface area (Å²) in [4.78, 5) is 16.1. The number of hydrogen-bond acceptors (Lipinski definition) is 4. The van der Waals surface area contributed by atoms with Crippen LogP contribution in [0.5, 0.6) is 0 Å². The van der Waals surface area contributed by atoms with Crippen LogP contribution in [0.25, 0.3) is 0 Å². The van der Waals surface area contributed by atoms with E-state index in [0.717, 1.165) is 30.5 Å². The van der Waals surface area contributed by atoms with Crippen molar-refractivity contribution in [1.82, 2.24) is 16.0 Å². The van der Waals surface area contributed by atoms with Crippen LogP contribution < -0.4 is 16.0 Å². The summed E-state index contributed by atoms with van der Waals surface area (Å²) >= 11 is 0. The van der Waals surface area contributed by atoms with Crippen LogP contribution in [0.2, 0.25) is 0 Å². The molecule has 144 valence electrons. The Morgan fingerprint density at radius 1 is 1.08 bits per heavy atom. The number of sulfone groups is 1. The quantitative estimate of drug-likeness (QED) is 0.334. The second-order valence-corrected chi connectivity index (χ2v) is 8.71. The number of carbonyl (C=O) groups is 1. The number of aliphatic imine (C=N–C) groups is 1.